The van der Waals surface area contributed by atoms with Crippen LogP contribution in [0.25, 0.3) is 0 Å². The first-order valence-corrected chi connectivity index (χ1v) is 25.8. The number of carbonyl (C=O) groups is 3. The quantitative estimate of drug-likeness (QED) is 0.0262. The molecule has 0 bridgehead atoms. The van der Waals surface area contributed by atoms with Gasteiger partial charge < -0.3 is 14.2 Å². The van der Waals surface area contributed by atoms with E-state index in [4.69, 9.17) is 14.2 Å². The summed E-state index contributed by atoms with van der Waals surface area (Å²) < 4.78 is 16.8. The van der Waals surface area contributed by atoms with Crippen LogP contribution in [0.15, 0.2) is 97.2 Å². The van der Waals surface area contributed by atoms with Crippen molar-refractivity contribution in [1.82, 2.24) is 0 Å². The zero-order valence-corrected chi connectivity index (χ0v) is 40.8. The third kappa shape index (κ3) is 49.2. The second-order valence-corrected chi connectivity index (χ2v) is 16.9. The standard InChI is InChI=1S/C57H94O6/c1-4-7-10-13-16-19-22-25-27-28-29-31-32-35-38-41-44-47-50-56(59)62-53-54(52-61-55(58)49-46-43-40-37-34-24-21-18-15-12-9-6-3)63-57(60)51-48-45-42-39-36-33-30-26-23-20-17-14-11-8-5-2/h8,11,14,16-17,19-20,22-23,25-31,54H,4-7,9-10,12-13,15,18,21,24,32-53H2,1-3H3/b11-8-,17-14-,19-16-,23-20-,25-22-,28-27-,30-26-,31-29-. The lowest BCUT2D eigenvalue weighted by Gasteiger charge is -2.18. The summed E-state index contributed by atoms with van der Waals surface area (Å²) in [5, 5.41) is 0. The van der Waals surface area contributed by atoms with E-state index >= 15 is 0 Å². The Kier molecular flexibility index (Phi) is 48.0. The van der Waals surface area contributed by atoms with E-state index in [1.54, 1.807) is 0 Å². The lowest BCUT2D eigenvalue weighted by Crippen LogP contribution is -2.30. The Balaban J connectivity index is 4.48. The fraction of sp³-hybridized carbons (Fsp3) is 0.667. The third-order valence-electron chi connectivity index (χ3n) is 10.8. The average Bonchev–Trinajstić information content (AvgIpc) is 3.28. The monoisotopic (exact) mass is 875 g/mol. The lowest BCUT2D eigenvalue weighted by atomic mass is 10.0. The number of allylic oxidation sites excluding steroid dienone is 16. The first-order valence-electron chi connectivity index (χ1n) is 25.8. The molecular formula is C57H94O6. The first kappa shape index (κ1) is 59.3. The Morgan fingerprint density at radius 1 is 0.333 bits per heavy atom. The molecule has 0 radical (unpaired) electrons. The number of ether oxygens (including phenoxy) is 3. The summed E-state index contributed by atoms with van der Waals surface area (Å²) in [5.41, 5.74) is 0. The highest BCUT2D eigenvalue weighted by molar-refractivity contribution is 5.71. The minimum absolute atomic E-state index is 0.0948. The van der Waals surface area contributed by atoms with Gasteiger partial charge in [0.2, 0.25) is 0 Å². The topological polar surface area (TPSA) is 78.9 Å². The van der Waals surface area contributed by atoms with Gasteiger partial charge in [0.1, 0.15) is 13.2 Å². The second kappa shape index (κ2) is 51.0. The molecule has 0 rings (SSSR count). The SMILES string of the molecule is CC\C=C/C=C\C=C/C=C\CCCCCCCC(=O)OC(COC(=O)CCCCCCC\C=C/C=C\C=C/C=C\CCCCC)COC(=O)CCCCCCCCCCCCCC. The number of esters is 3. The van der Waals surface area contributed by atoms with Crippen LogP contribution in [0, 0.1) is 0 Å². The minimum Gasteiger partial charge on any atom is -0.462 e. The predicted octanol–water partition coefficient (Wildman–Crippen LogP) is 17.0. The van der Waals surface area contributed by atoms with Crippen molar-refractivity contribution in [3.05, 3.63) is 97.2 Å². The van der Waals surface area contributed by atoms with E-state index in [0.29, 0.717) is 19.3 Å². The molecule has 63 heavy (non-hydrogen) atoms. The smallest absolute Gasteiger partial charge is 0.306 e. The first-order chi connectivity index (χ1) is 31.0. The summed E-state index contributed by atoms with van der Waals surface area (Å²) in [5.74, 6) is -0.944. The van der Waals surface area contributed by atoms with Crippen LogP contribution in [0.3, 0.4) is 0 Å². The van der Waals surface area contributed by atoms with Crippen molar-refractivity contribution in [3.8, 4) is 0 Å². The zero-order valence-electron chi connectivity index (χ0n) is 40.8. The number of unbranched alkanes of at least 4 members (excludes halogenated alkanes) is 24. The van der Waals surface area contributed by atoms with Crippen molar-refractivity contribution in [2.24, 2.45) is 0 Å². The molecule has 0 aliphatic carbocycles. The molecule has 0 heterocycles. The van der Waals surface area contributed by atoms with Gasteiger partial charge in [-0.15, -0.1) is 0 Å². The molecular weight excluding hydrogens is 781 g/mol. The maximum Gasteiger partial charge on any atom is 0.306 e. The van der Waals surface area contributed by atoms with Crippen LogP contribution in [0.1, 0.15) is 226 Å². The largest absolute Gasteiger partial charge is 0.462 e. The molecule has 1 unspecified atom stereocenters. The Bertz CT molecular complexity index is 1280. The van der Waals surface area contributed by atoms with Gasteiger partial charge in [0.25, 0.3) is 0 Å². The van der Waals surface area contributed by atoms with Gasteiger partial charge in [-0.1, -0.05) is 240 Å². The molecule has 0 saturated heterocycles. The van der Waals surface area contributed by atoms with E-state index in [9.17, 15) is 14.4 Å². The van der Waals surface area contributed by atoms with Gasteiger partial charge in [-0.3, -0.25) is 14.4 Å². The summed E-state index contributed by atoms with van der Waals surface area (Å²) in [6, 6.07) is 0. The van der Waals surface area contributed by atoms with E-state index in [0.717, 1.165) is 109 Å². The summed E-state index contributed by atoms with van der Waals surface area (Å²) in [6.07, 6.45) is 66.6. The van der Waals surface area contributed by atoms with E-state index in [-0.39, 0.29) is 31.1 Å². The third-order valence-corrected chi connectivity index (χ3v) is 10.8. The van der Waals surface area contributed by atoms with Crippen molar-refractivity contribution < 1.29 is 28.6 Å². The lowest BCUT2D eigenvalue weighted by molar-refractivity contribution is -0.167. The van der Waals surface area contributed by atoms with E-state index < -0.39 is 6.10 Å². The minimum atomic E-state index is -0.799. The Morgan fingerprint density at radius 3 is 1.00 bits per heavy atom. The van der Waals surface area contributed by atoms with Crippen LogP contribution < -0.4 is 0 Å². The van der Waals surface area contributed by atoms with Gasteiger partial charge in [-0.2, -0.15) is 0 Å². The second-order valence-electron chi connectivity index (χ2n) is 16.9. The van der Waals surface area contributed by atoms with Crippen molar-refractivity contribution in [2.75, 3.05) is 13.2 Å². The molecule has 0 aliphatic rings. The summed E-state index contributed by atoms with van der Waals surface area (Å²) in [4.78, 5) is 38.0. The molecule has 0 aromatic heterocycles. The maximum absolute atomic E-state index is 12.8. The molecule has 0 N–H and O–H groups in total. The fourth-order valence-electron chi connectivity index (χ4n) is 6.88. The number of rotatable bonds is 45. The summed E-state index contributed by atoms with van der Waals surface area (Å²) in [7, 11) is 0. The van der Waals surface area contributed by atoms with Crippen LogP contribution in [-0.2, 0) is 28.6 Å². The van der Waals surface area contributed by atoms with Crippen molar-refractivity contribution in [1.29, 1.82) is 0 Å². The Labute approximate surface area is 387 Å². The van der Waals surface area contributed by atoms with E-state index in [1.165, 1.54) is 77.0 Å². The van der Waals surface area contributed by atoms with E-state index in [2.05, 4.69) is 99.8 Å². The Hall–Kier alpha value is -3.67. The van der Waals surface area contributed by atoms with Crippen LogP contribution in [0.2, 0.25) is 0 Å². The zero-order chi connectivity index (χ0) is 45.8. The molecule has 0 fully saturated rings. The molecule has 0 aromatic carbocycles. The van der Waals surface area contributed by atoms with Gasteiger partial charge >= 0.3 is 17.9 Å². The number of hydrogen-bond donors (Lipinski definition) is 0. The van der Waals surface area contributed by atoms with Gasteiger partial charge in [0, 0.05) is 19.3 Å². The normalized spacial score (nSPS) is 12.9. The number of hydrogen-bond acceptors (Lipinski definition) is 6. The average molecular weight is 875 g/mol. The van der Waals surface area contributed by atoms with Crippen molar-refractivity contribution in [3.63, 3.8) is 0 Å². The molecule has 0 amide bonds. The highest BCUT2D eigenvalue weighted by Gasteiger charge is 2.19. The van der Waals surface area contributed by atoms with Crippen LogP contribution >= 0.6 is 0 Å². The van der Waals surface area contributed by atoms with Crippen LogP contribution in [0.4, 0.5) is 0 Å². The Morgan fingerprint density at radius 2 is 0.619 bits per heavy atom. The summed E-state index contributed by atoms with van der Waals surface area (Å²) >= 11 is 0. The highest BCUT2D eigenvalue weighted by atomic mass is 16.6. The molecule has 6 nitrogen and oxygen atoms in total. The molecule has 6 heteroatoms. The van der Waals surface area contributed by atoms with Gasteiger partial charge in [-0.05, 0) is 64.2 Å². The van der Waals surface area contributed by atoms with Crippen molar-refractivity contribution >= 4 is 17.9 Å². The van der Waals surface area contributed by atoms with Gasteiger partial charge in [-0.25, -0.2) is 0 Å². The molecule has 1 atom stereocenters. The molecule has 0 aromatic rings. The molecule has 0 spiro atoms. The van der Waals surface area contributed by atoms with Crippen molar-refractivity contribution in [2.45, 2.75) is 232 Å². The van der Waals surface area contributed by atoms with Gasteiger partial charge in [0.05, 0.1) is 0 Å². The molecule has 0 saturated carbocycles. The van der Waals surface area contributed by atoms with Crippen LogP contribution in [0.5, 0.6) is 0 Å². The van der Waals surface area contributed by atoms with Gasteiger partial charge in [0.15, 0.2) is 6.10 Å². The van der Waals surface area contributed by atoms with Crippen LogP contribution in [-0.4, -0.2) is 37.2 Å². The predicted molar refractivity (Wildman–Crippen MR) is 270 cm³/mol. The fourth-order valence-corrected chi connectivity index (χ4v) is 6.88. The van der Waals surface area contributed by atoms with E-state index in [1.807, 2.05) is 18.2 Å². The molecule has 0 aliphatic heterocycles. The number of carbonyl (C=O) groups excluding carboxylic acids is 3. The molecule has 358 valence electrons. The summed E-state index contributed by atoms with van der Waals surface area (Å²) in [6.45, 7) is 6.41. The highest BCUT2D eigenvalue weighted by Crippen LogP contribution is 2.14. The maximum atomic E-state index is 12.8.